The highest BCUT2D eigenvalue weighted by Gasteiger charge is 2.33. The zero-order valence-electron chi connectivity index (χ0n) is 51.3. The lowest BCUT2D eigenvalue weighted by molar-refractivity contribution is -0.128. The van der Waals surface area contributed by atoms with Gasteiger partial charge in [0.25, 0.3) is 0 Å². The Morgan fingerprint density at radius 1 is 0.595 bits per heavy atom. The van der Waals surface area contributed by atoms with Crippen molar-refractivity contribution in [3.63, 3.8) is 0 Å². The molecule has 4 N–H and O–H groups in total. The standard InChI is InChI=1S/C22H28ClNO2.C20H29ClO.C16H21ClFNO.C12H15Cl2NO/c1-15(20(25)17-8-6-5-7-9-17)24-14-19(21(26)22(2,3)4)16-10-12-18(23)13-11-16;1-14(2)20(22)19(17-9-11-18(21)12-10-17)13-8-16-6-4-15(3)5-7-16;1-11(2)16(20)15(10-19-8-7-14(18)9-19)12-3-5-13(17)6-4-12;1-7(2)12(16)9(6-15)8-3-4-10(13)11(14)5-8/h5-13,15,19-20,24-25H,14H2,1-4H3;9-12,14-16,19H,4-8,13H2,1-3H3;3-6,11,14-15H,7-10H2,1-2H3;3-5,7,9H,6,15H2,1-2H3/t15-,19?,20-;;14-,15?;9-/m1.01/s1. The highest BCUT2D eigenvalue weighted by molar-refractivity contribution is 6.42. The molecule has 1 aliphatic carbocycles. The summed E-state index contributed by atoms with van der Waals surface area (Å²) in [5.74, 6) is 1.83. The van der Waals surface area contributed by atoms with Gasteiger partial charge in [-0.2, -0.15) is 0 Å². The van der Waals surface area contributed by atoms with Gasteiger partial charge < -0.3 is 16.2 Å². The van der Waals surface area contributed by atoms with Crippen LogP contribution in [-0.4, -0.2) is 78.1 Å². The van der Waals surface area contributed by atoms with Gasteiger partial charge in [-0.1, -0.05) is 226 Å². The molecule has 0 radical (unpaired) electrons. The Morgan fingerprint density at radius 3 is 1.49 bits per heavy atom. The van der Waals surface area contributed by atoms with Gasteiger partial charge in [0.2, 0.25) is 0 Å². The van der Waals surface area contributed by atoms with Gasteiger partial charge >= 0.3 is 0 Å². The molecule has 460 valence electrons. The third-order valence-electron chi connectivity index (χ3n) is 16.1. The number of ketones is 4. The van der Waals surface area contributed by atoms with E-state index in [4.69, 9.17) is 63.7 Å². The van der Waals surface area contributed by atoms with Crippen LogP contribution >= 0.6 is 58.0 Å². The third kappa shape index (κ3) is 23.6. The number of alkyl halides is 1. The number of carbonyl (C=O) groups excluding carboxylic acids is 4. The summed E-state index contributed by atoms with van der Waals surface area (Å²) in [7, 11) is 0. The molecular formula is C70H93Cl5FN3O5. The van der Waals surface area contributed by atoms with Crippen LogP contribution in [-0.2, 0) is 19.2 Å². The highest BCUT2D eigenvalue weighted by Crippen LogP contribution is 2.36. The molecule has 1 heterocycles. The first-order valence-corrected chi connectivity index (χ1v) is 31.9. The van der Waals surface area contributed by atoms with Gasteiger partial charge in [-0.05, 0) is 114 Å². The minimum Gasteiger partial charge on any atom is -0.387 e. The number of benzene rings is 5. The zero-order chi connectivity index (χ0) is 62.4. The molecule has 1 aliphatic heterocycles. The maximum atomic E-state index is 13.3. The summed E-state index contributed by atoms with van der Waals surface area (Å²) in [6.07, 6.45) is 6.73. The average molecular weight is 1250 g/mol. The fourth-order valence-corrected chi connectivity index (χ4v) is 11.4. The van der Waals surface area contributed by atoms with Crippen molar-refractivity contribution in [2.24, 2.45) is 40.7 Å². The number of likely N-dealkylation sites (tertiary alicyclic amines) is 1. The van der Waals surface area contributed by atoms with E-state index < -0.39 is 17.7 Å². The van der Waals surface area contributed by atoms with E-state index in [0.29, 0.717) is 51.9 Å². The number of aliphatic hydroxyl groups is 1. The monoisotopic (exact) mass is 1250 g/mol. The van der Waals surface area contributed by atoms with Crippen molar-refractivity contribution in [2.75, 3.05) is 32.7 Å². The van der Waals surface area contributed by atoms with E-state index >= 15 is 0 Å². The quantitative estimate of drug-likeness (QED) is 0.0625. The second kappa shape index (κ2) is 35.7. The second-order valence-electron chi connectivity index (χ2n) is 25.0. The van der Waals surface area contributed by atoms with Gasteiger partial charge in [-0.25, -0.2) is 4.39 Å². The molecule has 0 spiro atoms. The van der Waals surface area contributed by atoms with E-state index in [0.717, 1.165) is 57.6 Å². The topological polar surface area (TPSA) is 130 Å². The molecular weight excluding hydrogens is 1160 g/mol. The Bertz CT molecular complexity index is 2780. The van der Waals surface area contributed by atoms with E-state index in [2.05, 4.69) is 12.2 Å². The molecule has 1 saturated heterocycles. The lowest BCUT2D eigenvalue weighted by atomic mass is 9.77. The van der Waals surface area contributed by atoms with E-state index in [9.17, 15) is 28.7 Å². The number of halogens is 6. The molecule has 5 aromatic rings. The summed E-state index contributed by atoms with van der Waals surface area (Å²) in [6.45, 7) is 24.2. The number of rotatable bonds is 22. The number of carbonyl (C=O) groups is 4. The van der Waals surface area contributed by atoms with Crippen LogP contribution in [0.5, 0.6) is 0 Å². The van der Waals surface area contributed by atoms with Crippen molar-refractivity contribution in [2.45, 2.75) is 163 Å². The first-order chi connectivity index (χ1) is 39.6. The van der Waals surface area contributed by atoms with Crippen LogP contribution in [0.1, 0.15) is 179 Å². The molecule has 5 aromatic carbocycles. The SMILES string of the molecule is CC(C)C(=O)C(CN1CC[C@H](F)C1)c1ccc(Cl)cc1.CC(C)C(=O)[C@H](CN)c1ccc(Cl)c(Cl)c1.CC1CCC(CCC(C(=O)C(C)C)c2ccc(Cl)cc2)CC1.C[C@@H](NCC(C(=O)C(C)(C)C)c1ccc(Cl)cc1)[C@@H](O)c1ccccc1. The maximum absolute atomic E-state index is 13.3. The van der Waals surface area contributed by atoms with Gasteiger partial charge in [0.15, 0.2) is 0 Å². The van der Waals surface area contributed by atoms with Crippen LogP contribution in [0.15, 0.2) is 121 Å². The zero-order valence-corrected chi connectivity index (χ0v) is 55.1. The summed E-state index contributed by atoms with van der Waals surface area (Å²) in [5.41, 5.74) is 9.91. The van der Waals surface area contributed by atoms with Crippen LogP contribution < -0.4 is 11.1 Å². The Hall–Kier alpha value is -4.00. The fourth-order valence-electron chi connectivity index (χ4n) is 10.7. The number of hydrogen-bond donors (Lipinski definition) is 3. The van der Waals surface area contributed by atoms with Crippen molar-refractivity contribution in [1.82, 2.24) is 10.2 Å². The van der Waals surface area contributed by atoms with Gasteiger partial charge in [-0.15, -0.1) is 0 Å². The smallest absolute Gasteiger partial charge is 0.146 e. The molecule has 1 saturated carbocycles. The minimum atomic E-state index is -0.755. The number of nitrogens with zero attached hydrogens (tertiary/aromatic N) is 1. The molecule has 8 nitrogen and oxygen atoms in total. The molecule has 3 unspecified atom stereocenters. The number of hydrogen-bond acceptors (Lipinski definition) is 8. The molecule has 84 heavy (non-hydrogen) atoms. The largest absolute Gasteiger partial charge is 0.387 e. The molecule has 0 aromatic heterocycles. The van der Waals surface area contributed by atoms with E-state index in [1.807, 2.05) is 165 Å². The summed E-state index contributed by atoms with van der Waals surface area (Å²) in [6, 6.07) is 37.2. The molecule has 0 bridgehead atoms. The van der Waals surface area contributed by atoms with Crippen molar-refractivity contribution >= 4 is 81.1 Å². The summed E-state index contributed by atoms with van der Waals surface area (Å²) in [4.78, 5) is 52.0. The average Bonchev–Trinajstić information content (AvgIpc) is 3.88. The van der Waals surface area contributed by atoms with Crippen LogP contribution in [0.25, 0.3) is 0 Å². The molecule has 0 amide bonds. The lowest BCUT2D eigenvalue weighted by Gasteiger charge is -2.28. The van der Waals surface area contributed by atoms with Gasteiger partial charge in [0.05, 0.1) is 33.9 Å². The van der Waals surface area contributed by atoms with Crippen molar-refractivity contribution < 1.29 is 28.7 Å². The molecule has 7 rings (SSSR count). The molecule has 2 fully saturated rings. The number of Topliss-reactive ketones (excluding diaryl/α,β-unsaturated/α-hetero) is 4. The third-order valence-corrected chi connectivity index (χ3v) is 17.6. The number of nitrogens with one attached hydrogen (secondary N) is 1. The molecule has 2 aliphatic rings. The summed E-state index contributed by atoms with van der Waals surface area (Å²) < 4.78 is 13.3. The van der Waals surface area contributed by atoms with Crippen LogP contribution in [0, 0.1) is 35.0 Å². The van der Waals surface area contributed by atoms with Crippen LogP contribution in [0.4, 0.5) is 4.39 Å². The Morgan fingerprint density at radius 2 is 1.05 bits per heavy atom. The maximum Gasteiger partial charge on any atom is 0.146 e. The molecule has 14 heteroatoms. The van der Waals surface area contributed by atoms with Crippen LogP contribution in [0.2, 0.25) is 25.1 Å². The van der Waals surface area contributed by atoms with Crippen molar-refractivity contribution in [1.29, 1.82) is 0 Å². The summed E-state index contributed by atoms with van der Waals surface area (Å²) in [5, 5.41) is 16.9. The number of nitrogens with two attached hydrogens (primary N) is 1. The Kier molecular flexibility index (Phi) is 30.8. The van der Waals surface area contributed by atoms with Crippen molar-refractivity contribution in [3.8, 4) is 0 Å². The normalized spacial score (nSPS) is 18.4. The van der Waals surface area contributed by atoms with Crippen LogP contribution in [0.3, 0.4) is 0 Å². The van der Waals surface area contributed by atoms with E-state index in [1.165, 1.54) is 32.1 Å². The minimum absolute atomic E-state index is 0.0283. The Balaban J connectivity index is 0.000000244. The van der Waals surface area contributed by atoms with E-state index in [1.54, 1.807) is 30.3 Å². The van der Waals surface area contributed by atoms with Gasteiger partial charge in [0, 0.05) is 82.9 Å². The molecule has 7 atom stereocenters. The Labute approximate surface area is 527 Å². The number of aliphatic hydroxyl groups excluding tert-OH is 1. The van der Waals surface area contributed by atoms with Gasteiger partial charge in [0.1, 0.15) is 29.3 Å². The predicted molar refractivity (Wildman–Crippen MR) is 350 cm³/mol. The first kappa shape index (κ1) is 72.5. The summed E-state index contributed by atoms with van der Waals surface area (Å²) >= 11 is 29.6. The van der Waals surface area contributed by atoms with E-state index in [-0.39, 0.29) is 71.4 Å². The fraction of sp³-hybridized carbons (Fsp3) is 0.514. The predicted octanol–water partition coefficient (Wildman–Crippen LogP) is 18.0. The van der Waals surface area contributed by atoms with Crippen molar-refractivity contribution in [3.05, 3.63) is 174 Å². The van der Waals surface area contributed by atoms with Gasteiger partial charge in [-0.3, -0.25) is 24.1 Å². The second-order valence-corrected chi connectivity index (χ2v) is 27.1. The lowest BCUT2D eigenvalue weighted by Crippen LogP contribution is -2.39. The highest BCUT2D eigenvalue weighted by atomic mass is 35.5. The first-order valence-electron chi connectivity index (χ1n) is 30.0.